The molecule has 0 aromatic carbocycles. The molecule has 2 heterocycles. The number of rotatable bonds is 1. The number of aromatic nitrogens is 2. The summed E-state index contributed by atoms with van der Waals surface area (Å²) >= 11 is 3.08. The number of carboxylic acid groups (broad SMARTS) is 1. The average molecular weight is 259 g/mol. The first-order chi connectivity index (χ1) is 6.59. The highest BCUT2D eigenvalue weighted by molar-refractivity contribution is 9.10. The first-order valence-electron chi connectivity index (χ1n) is 3.65. The number of aromatic carboxylic acids is 1. The van der Waals surface area contributed by atoms with Gasteiger partial charge in [-0.15, -0.1) is 0 Å². The molecule has 0 spiro atoms. The van der Waals surface area contributed by atoms with E-state index in [2.05, 4.69) is 21.0 Å². The van der Waals surface area contributed by atoms with Gasteiger partial charge < -0.3 is 5.11 Å². The van der Waals surface area contributed by atoms with Gasteiger partial charge >= 0.3 is 5.97 Å². The molecule has 0 amide bonds. The maximum Gasteiger partial charge on any atom is 0.339 e. The Balaban J connectivity index is 2.85. The van der Waals surface area contributed by atoms with Crippen LogP contribution in [-0.2, 0) is 0 Å². The van der Waals surface area contributed by atoms with Crippen LogP contribution >= 0.6 is 15.9 Å². The monoisotopic (exact) mass is 258 g/mol. The molecule has 0 radical (unpaired) electrons. The second-order valence-corrected chi connectivity index (χ2v) is 3.58. The van der Waals surface area contributed by atoms with Gasteiger partial charge in [-0.2, -0.15) is 5.10 Å². The van der Waals surface area contributed by atoms with Gasteiger partial charge in [-0.3, -0.25) is 0 Å². The van der Waals surface area contributed by atoms with Gasteiger partial charge in [-0.1, -0.05) is 0 Å². The smallest absolute Gasteiger partial charge is 0.339 e. The molecule has 0 aliphatic heterocycles. The lowest BCUT2D eigenvalue weighted by Gasteiger charge is -1.97. The Bertz CT molecular complexity index is 523. The Morgan fingerprint density at radius 1 is 1.64 bits per heavy atom. The minimum absolute atomic E-state index is 0.0271. The summed E-state index contributed by atoms with van der Waals surface area (Å²) in [6, 6.07) is 1.20. The Morgan fingerprint density at radius 3 is 3.00 bits per heavy atom. The summed E-state index contributed by atoms with van der Waals surface area (Å²) in [7, 11) is 0. The van der Waals surface area contributed by atoms with Crippen molar-refractivity contribution in [3.05, 3.63) is 34.3 Å². The molecule has 2 rings (SSSR count). The lowest BCUT2D eigenvalue weighted by Crippen LogP contribution is -1.97. The number of carboxylic acids is 1. The van der Waals surface area contributed by atoms with Crippen LogP contribution in [0.15, 0.2) is 22.9 Å². The number of halogens is 2. The Labute approximate surface area is 86.1 Å². The molecule has 0 atom stereocenters. The minimum atomic E-state index is -1.19. The molecule has 0 bridgehead atoms. The predicted molar refractivity (Wildman–Crippen MR) is 49.8 cm³/mol. The minimum Gasteiger partial charge on any atom is -0.478 e. The quantitative estimate of drug-likeness (QED) is 0.851. The molecular weight excluding hydrogens is 255 g/mol. The van der Waals surface area contributed by atoms with Crippen LogP contribution in [0.5, 0.6) is 0 Å². The van der Waals surface area contributed by atoms with Crippen molar-refractivity contribution in [2.45, 2.75) is 0 Å². The lowest BCUT2D eigenvalue weighted by atomic mass is 10.2. The van der Waals surface area contributed by atoms with E-state index in [-0.39, 0.29) is 11.1 Å². The third-order valence-electron chi connectivity index (χ3n) is 1.76. The fourth-order valence-electron chi connectivity index (χ4n) is 1.20. The Kier molecular flexibility index (Phi) is 1.99. The molecule has 1 N–H and O–H groups in total. The maximum absolute atomic E-state index is 13.3. The summed E-state index contributed by atoms with van der Waals surface area (Å²) in [6.45, 7) is 0. The van der Waals surface area contributed by atoms with Gasteiger partial charge in [-0.25, -0.2) is 13.7 Å². The standard InChI is InChI=1S/C8H4BrFN2O2/c9-4-1-6(10)7-5(8(13)14)2-11-12(7)3-4/h1-3H,(H,13,14). The van der Waals surface area contributed by atoms with Crippen molar-refractivity contribution in [1.82, 2.24) is 9.61 Å². The molecule has 14 heavy (non-hydrogen) atoms. The fraction of sp³-hybridized carbons (Fsp3) is 0. The first kappa shape index (κ1) is 9.14. The second-order valence-electron chi connectivity index (χ2n) is 2.66. The Morgan fingerprint density at radius 2 is 2.36 bits per heavy atom. The van der Waals surface area contributed by atoms with Crippen LogP contribution in [0, 0.1) is 5.82 Å². The van der Waals surface area contributed by atoms with E-state index in [1.807, 2.05) is 0 Å². The summed E-state index contributed by atoms with van der Waals surface area (Å²) < 4.78 is 15.0. The van der Waals surface area contributed by atoms with E-state index in [0.717, 1.165) is 6.20 Å². The summed E-state index contributed by atoms with van der Waals surface area (Å²) in [4.78, 5) is 10.7. The molecular formula is C8H4BrFN2O2. The normalized spacial score (nSPS) is 10.7. The molecule has 6 heteroatoms. The first-order valence-corrected chi connectivity index (χ1v) is 4.44. The van der Waals surface area contributed by atoms with Crippen molar-refractivity contribution in [2.24, 2.45) is 0 Å². The third-order valence-corrected chi connectivity index (χ3v) is 2.20. The number of pyridine rings is 1. The maximum atomic E-state index is 13.3. The highest BCUT2D eigenvalue weighted by atomic mass is 79.9. The zero-order valence-electron chi connectivity index (χ0n) is 6.74. The van der Waals surface area contributed by atoms with Crippen LogP contribution in [0.4, 0.5) is 4.39 Å². The number of fused-ring (bicyclic) bond motifs is 1. The van der Waals surface area contributed by atoms with E-state index >= 15 is 0 Å². The van der Waals surface area contributed by atoms with Crippen molar-refractivity contribution < 1.29 is 14.3 Å². The topological polar surface area (TPSA) is 54.6 Å². The molecule has 0 saturated carbocycles. The molecule has 2 aromatic rings. The highest BCUT2D eigenvalue weighted by Gasteiger charge is 2.15. The number of hydrogen-bond donors (Lipinski definition) is 1. The summed E-state index contributed by atoms with van der Waals surface area (Å²) in [6.07, 6.45) is 2.61. The van der Waals surface area contributed by atoms with Crippen LogP contribution < -0.4 is 0 Å². The zero-order chi connectivity index (χ0) is 10.3. The van der Waals surface area contributed by atoms with Gasteiger partial charge in [0, 0.05) is 10.7 Å². The molecule has 0 aliphatic carbocycles. The van der Waals surface area contributed by atoms with E-state index in [9.17, 15) is 9.18 Å². The molecule has 2 aromatic heterocycles. The van der Waals surface area contributed by atoms with Crippen LogP contribution in [0.1, 0.15) is 10.4 Å². The van der Waals surface area contributed by atoms with Gasteiger partial charge in [0.1, 0.15) is 11.1 Å². The van der Waals surface area contributed by atoms with Crippen molar-refractivity contribution in [3.63, 3.8) is 0 Å². The molecule has 0 aliphatic rings. The van der Waals surface area contributed by atoms with Crippen molar-refractivity contribution in [1.29, 1.82) is 0 Å². The second kappa shape index (κ2) is 3.06. The van der Waals surface area contributed by atoms with Crippen molar-refractivity contribution in [2.75, 3.05) is 0 Å². The SMILES string of the molecule is O=C(O)c1cnn2cc(Br)cc(F)c12. The predicted octanol–water partition coefficient (Wildman–Crippen LogP) is 1.93. The lowest BCUT2D eigenvalue weighted by molar-refractivity contribution is 0.0698. The largest absolute Gasteiger partial charge is 0.478 e. The molecule has 72 valence electrons. The van der Waals surface area contributed by atoms with Crippen molar-refractivity contribution >= 4 is 27.4 Å². The van der Waals surface area contributed by atoms with E-state index in [0.29, 0.717) is 4.47 Å². The van der Waals surface area contributed by atoms with E-state index < -0.39 is 11.8 Å². The number of hydrogen-bond acceptors (Lipinski definition) is 2. The molecule has 0 fully saturated rings. The van der Waals surface area contributed by atoms with Gasteiger partial charge in [0.25, 0.3) is 0 Å². The van der Waals surface area contributed by atoms with Crippen LogP contribution in [0.25, 0.3) is 5.52 Å². The van der Waals surface area contributed by atoms with Gasteiger partial charge in [-0.05, 0) is 22.0 Å². The van der Waals surface area contributed by atoms with E-state index in [1.54, 1.807) is 0 Å². The number of nitrogens with zero attached hydrogens (tertiary/aromatic N) is 2. The van der Waals surface area contributed by atoms with Crippen molar-refractivity contribution in [3.8, 4) is 0 Å². The summed E-state index contributed by atoms with van der Waals surface area (Å²) in [5, 5.41) is 12.5. The van der Waals surface area contributed by atoms with Crippen LogP contribution in [0.3, 0.4) is 0 Å². The van der Waals surface area contributed by atoms with Crippen LogP contribution in [-0.4, -0.2) is 20.7 Å². The van der Waals surface area contributed by atoms with Gasteiger partial charge in [0.05, 0.1) is 6.20 Å². The Hall–Kier alpha value is -1.43. The van der Waals surface area contributed by atoms with E-state index in [1.165, 1.54) is 16.8 Å². The van der Waals surface area contributed by atoms with E-state index in [4.69, 9.17) is 5.11 Å². The average Bonchev–Trinajstić information content (AvgIpc) is 2.47. The summed E-state index contributed by atoms with van der Waals surface area (Å²) in [5.74, 6) is -1.81. The number of carbonyl (C=O) groups is 1. The summed E-state index contributed by atoms with van der Waals surface area (Å²) in [5.41, 5.74) is -0.171. The van der Waals surface area contributed by atoms with Gasteiger partial charge in [0.2, 0.25) is 0 Å². The zero-order valence-corrected chi connectivity index (χ0v) is 8.32. The molecule has 0 unspecified atom stereocenters. The molecule has 4 nitrogen and oxygen atoms in total. The molecule has 0 saturated heterocycles. The highest BCUT2D eigenvalue weighted by Crippen LogP contribution is 2.19. The third kappa shape index (κ3) is 1.27. The van der Waals surface area contributed by atoms with Gasteiger partial charge in [0.15, 0.2) is 5.82 Å². The van der Waals surface area contributed by atoms with Crippen LogP contribution in [0.2, 0.25) is 0 Å². The fourth-order valence-corrected chi connectivity index (χ4v) is 1.59.